The molecule has 0 aliphatic heterocycles. The lowest BCUT2D eigenvalue weighted by Gasteiger charge is -2.19. The number of rotatable bonds is 18. The van der Waals surface area contributed by atoms with Crippen LogP contribution < -0.4 is 23.7 Å². The van der Waals surface area contributed by atoms with E-state index in [-0.39, 0.29) is 61.5 Å². The van der Waals surface area contributed by atoms with Crippen LogP contribution in [0.5, 0.6) is 46.1 Å². The van der Waals surface area contributed by atoms with Crippen LogP contribution in [0, 0.1) is 0 Å². The van der Waals surface area contributed by atoms with Gasteiger partial charge in [-0.25, -0.2) is 19.4 Å². The molecular weight excluding hydrogens is 791 g/mol. The number of para-hydroxylation sites is 3. The van der Waals surface area contributed by atoms with Gasteiger partial charge in [0.25, 0.3) is 0 Å². The van der Waals surface area contributed by atoms with E-state index < -0.39 is 17.9 Å². The maximum Gasteiger partial charge on any atom is 0.360 e. The zero-order valence-electron chi connectivity index (χ0n) is 34.3. The SMILES string of the molecule is CCOC(=O)c1ccc(Oc2ccccc2)cc1COc1nc(C(=O)OCC)c(OCc2cc(Oc3ccccc3)ccc2C(=O)OCC)c2ccc(Oc3ccccc3)cc12. The van der Waals surface area contributed by atoms with Crippen LogP contribution in [-0.2, 0) is 27.4 Å². The fourth-order valence-electron chi connectivity index (χ4n) is 6.39. The van der Waals surface area contributed by atoms with Gasteiger partial charge in [-0.15, -0.1) is 0 Å². The molecule has 0 saturated heterocycles. The summed E-state index contributed by atoms with van der Waals surface area (Å²) in [7, 11) is 0. The first-order valence-corrected chi connectivity index (χ1v) is 20.0. The Balaban J connectivity index is 1.31. The number of aromatic nitrogens is 1. The summed E-state index contributed by atoms with van der Waals surface area (Å²) in [6.07, 6.45) is 0. The number of hydrogen-bond donors (Lipinski definition) is 0. The fraction of sp³-hybridized carbons (Fsp3) is 0.160. The maximum atomic E-state index is 13.8. The Kier molecular flexibility index (Phi) is 13.9. The van der Waals surface area contributed by atoms with E-state index in [4.69, 9.17) is 42.9 Å². The molecule has 1 aromatic heterocycles. The number of nitrogens with zero attached hydrogens (tertiary/aromatic N) is 1. The topological polar surface area (TPSA) is 138 Å². The first-order chi connectivity index (χ1) is 30.3. The van der Waals surface area contributed by atoms with Gasteiger partial charge in [-0.1, -0.05) is 54.6 Å². The molecule has 314 valence electrons. The number of hydrogen-bond acceptors (Lipinski definition) is 12. The van der Waals surface area contributed by atoms with Crippen LogP contribution in [0.25, 0.3) is 10.8 Å². The molecule has 7 rings (SSSR count). The molecule has 0 fully saturated rings. The number of esters is 3. The lowest BCUT2D eigenvalue weighted by atomic mass is 10.1. The molecular formula is C50H43NO11. The van der Waals surface area contributed by atoms with Crippen LogP contribution >= 0.6 is 0 Å². The number of carbonyl (C=O) groups excluding carboxylic acids is 3. The Morgan fingerprint density at radius 1 is 0.435 bits per heavy atom. The van der Waals surface area contributed by atoms with Gasteiger partial charge in [-0.2, -0.15) is 0 Å². The minimum atomic E-state index is -0.781. The number of carbonyl (C=O) groups is 3. The maximum absolute atomic E-state index is 13.8. The van der Waals surface area contributed by atoms with Crippen LogP contribution in [0.4, 0.5) is 0 Å². The monoisotopic (exact) mass is 833 g/mol. The van der Waals surface area contributed by atoms with E-state index in [1.807, 2.05) is 91.0 Å². The Hall–Kier alpha value is -7.86. The van der Waals surface area contributed by atoms with Crippen LogP contribution in [0.15, 0.2) is 146 Å². The van der Waals surface area contributed by atoms with Crippen LogP contribution in [0.3, 0.4) is 0 Å². The van der Waals surface area contributed by atoms with E-state index in [0.29, 0.717) is 56.4 Å². The first kappa shape index (κ1) is 42.3. The number of fused-ring (bicyclic) bond motifs is 1. The van der Waals surface area contributed by atoms with E-state index in [1.54, 1.807) is 75.4 Å². The van der Waals surface area contributed by atoms with Gasteiger partial charge in [0.2, 0.25) is 5.88 Å². The molecule has 0 saturated carbocycles. The highest BCUT2D eigenvalue weighted by molar-refractivity contribution is 6.02. The Bertz CT molecular complexity index is 2650. The van der Waals surface area contributed by atoms with E-state index in [2.05, 4.69) is 0 Å². The Morgan fingerprint density at radius 2 is 0.855 bits per heavy atom. The molecule has 7 aromatic rings. The summed E-state index contributed by atoms with van der Waals surface area (Å²) in [6.45, 7) is 5.08. The third-order valence-electron chi connectivity index (χ3n) is 9.18. The van der Waals surface area contributed by atoms with Gasteiger partial charge in [0.05, 0.1) is 36.3 Å². The quantitative estimate of drug-likeness (QED) is 0.0601. The minimum Gasteiger partial charge on any atom is -0.486 e. The molecule has 0 unspecified atom stereocenters. The summed E-state index contributed by atoms with van der Waals surface area (Å²) in [5, 5.41) is 0.822. The molecule has 0 bridgehead atoms. The Labute approximate surface area is 358 Å². The van der Waals surface area contributed by atoms with Crippen molar-refractivity contribution < 1.29 is 52.3 Å². The number of ether oxygens (including phenoxy) is 8. The summed E-state index contributed by atoms with van der Waals surface area (Å²) >= 11 is 0. The van der Waals surface area contributed by atoms with E-state index in [9.17, 15) is 14.4 Å². The largest absolute Gasteiger partial charge is 0.486 e. The summed E-state index contributed by atoms with van der Waals surface area (Å²) in [5.74, 6) is 1.30. The molecule has 0 radical (unpaired) electrons. The van der Waals surface area contributed by atoms with Crippen molar-refractivity contribution in [3.63, 3.8) is 0 Å². The zero-order chi connectivity index (χ0) is 43.3. The number of pyridine rings is 1. The van der Waals surface area contributed by atoms with E-state index >= 15 is 0 Å². The second-order valence-electron chi connectivity index (χ2n) is 13.4. The van der Waals surface area contributed by atoms with E-state index in [0.717, 1.165) is 0 Å². The van der Waals surface area contributed by atoms with Gasteiger partial charge in [0, 0.05) is 16.5 Å². The van der Waals surface area contributed by atoms with Crippen LogP contribution in [-0.4, -0.2) is 42.7 Å². The predicted molar refractivity (Wildman–Crippen MR) is 231 cm³/mol. The normalized spacial score (nSPS) is 10.7. The highest BCUT2D eigenvalue weighted by Gasteiger charge is 2.26. The smallest absolute Gasteiger partial charge is 0.360 e. The molecule has 0 atom stereocenters. The second-order valence-corrected chi connectivity index (χ2v) is 13.4. The summed E-state index contributed by atoms with van der Waals surface area (Å²) in [5.41, 5.74) is 1.17. The molecule has 0 N–H and O–H groups in total. The molecule has 0 spiro atoms. The van der Waals surface area contributed by atoms with Gasteiger partial charge in [-0.05, 0) is 112 Å². The van der Waals surface area contributed by atoms with Crippen LogP contribution in [0.2, 0.25) is 0 Å². The van der Waals surface area contributed by atoms with Crippen molar-refractivity contribution in [1.82, 2.24) is 4.98 Å². The van der Waals surface area contributed by atoms with Crippen molar-refractivity contribution in [3.8, 4) is 46.1 Å². The highest BCUT2D eigenvalue weighted by Crippen LogP contribution is 2.39. The van der Waals surface area contributed by atoms with Crippen molar-refractivity contribution >= 4 is 28.7 Å². The molecule has 62 heavy (non-hydrogen) atoms. The van der Waals surface area contributed by atoms with Gasteiger partial charge < -0.3 is 37.9 Å². The summed E-state index contributed by atoms with van der Waals surface area (Å²) in [6, 6.07) is 42.7. The van der Waals surface area contributed by atoms with Gasteiger partial charge in [0.15, 0.2) is 11.4 Å². The zero-order valence-corrected chi connectivity index (χ0v) is 34.3. The predicted octanol–water partition coefficient (Wildman–Crippen LogP) is 11.3. The first-order valence-electron chi connectivity index (χ1n) is 20.0. The molecule has 0 aliphatic carbocycles. The summed E-state index contributed by atoms with van der Waals surface area (Å²) < 4.78 is 47.6. The fourth-order valence-corrected chi connectivity index (χ4v) is 6.39. The van der Waals surface area contributed by atoms with Crippen molar-refractivity contribution in [3.05, 3.63) is 174 Å². The third-order valence-corrected chi connectivity index (χ3v) is 9.18. The summed E-state index contributed by atoms with van der Waals surface area (Å²) in [4.78, 5) is 44.9. The highest BCUT2D eigenvalue weighted by atomic mass is 16.5. The lowest BCUT2D eigenvalue weighted by molar-refractivity contribution is 0.0503. The lowest BCUT2D eigenvalue weighted by Crippen LogP contribution is -2.14. The minimum absolute atomic E-state index is 0.0172. The van der Waals surface area contributed by atoms with Gasteiger partial charge >= 0.3 is 17.9 Å². The second kappa shape index (κ2) is 20.4. The van der Waals surface area contributed by atoms with Crippen molar-refractivity contribution in [2.24, 2.45) is 0 Å². The molecule has 12 nitrogen and oxygen atoms in total. The standard InChI is InChI=1S/C50H43NO11/c1-4-55-48(52)41-25-22-38(60-35-16-10-7-11-17-35)28-33(41)31-58-46-43-27-24-40(62-37-20-14-9-15-21-37)30-44(43)47(51-45(46)50(54)57-6-3)59-32-34-29-39(61-36-18-12-8-13-19-36)23-26-42(34)49(53)56-5-2/h7-30H,4-6,31-32H2,1-3H3. The average Bonchev–Trinajstić information content (AvgIpc) is 3.29. The molecule has 6 aromatic carbocycles. The van der Waals surface area contributed by atoms with Crippen LogP contribution in [0.1, 0.15) is 63.1 Å². The average molecular weight is 834 g/mol. The van der Waals surface area contributed by atoms with Gasteiger partial charge in [0.1, 0.15) is 47.7 Å². The Morgan fingerprint density at radius 3 is 1.32 bits per heavy atom. The number of benzene rings is 6. The van der Waals surface area contributed by atoms with Crippen molar-refractivity contribution in [1.29, 1.82) is 0 Å². The van der Waals surface area contributed by atoms with Gasteiger partial charge in [-0.3, -0.25) is 0 Å². The molecule has 0 aliphatic rings. The third kappa shape index (κ3) is 10.5. The van der Waals surface area contributed by atoms with Crippen molar-refractivity contribution in [2.45, 2.75) is 34.0 Å². The van der Waals surface area contributed by atoms with Crippen molar-refractivity contribution in [2.75, 3.05) is 19.8 Å². The van der Waals surface area contributed by atoms with E-state index in [1.165, 1.54) is 0 Å². The molecule has 0 amide bonds. The molecule has 12 heteroatoms. The molecule has 1 heterocycles.